The SMILES string of the molecule is CC(=O)NCC#Cc1ccncc1C. The van der Waals surface area contributed by atoms with Gasteiger partial charge in [-0.2, -0.15) is 0 Å². The molecule has 1 aromatic heterocycles. The standard InChI is InChI=1S/C11H12N2O/c1-9-8-12-7-5-11(9)4-3-6-13-10(2)14/h5,7-8H,6H2,1-2H3,(H,13,14). The van der Waals surface area contributed by atoms with Gasteiger partial charge < -0.3 is 5.32 Å². The van der Waals surface area contributed by atoms with Crippen molar-refractivity contribution >= 4 is 5.91 Å². The molecule has 1 heterocycles. The van der Waals surface area contributed by atoms with Gasteiger partial charge in [-0.15, -0.1) is 0 Å². The molecule has 1 N–H and O–H groups in total. The van der Waals surface area contributed by atoms with Crippen LogP contribution >= 0.6 is 0 Å². The maximum absolute atomic E-state index is 10.5. The van der Waals surface area contributed by atoms with Crippen molar-refractivity contribution in [3.63, 3.8) is 0 Å². The van der Waals surface area contributed by atoms with Crippen molar-refractivity contribution in [1.29, 1.82) is 0 Å². The maximum atomic E-state index is 10.5. The first-order valence-corrected chi connectivity index (χ1v) is 4.34. The molecule has 0 aliphatic carbocycles. The average Bonchev–Trinajstić information content (AvgIpc) is 2.15. The van der Waals surface area contributed by atoms with Crippen molar-refractivity contribution in [2.45, 2.75) is 13.8 Å². The number of hydrogen-bond acceptors (Lipinski definition) is 2. The van der Waals surface area contributed by atoms with E-state index in [1.54, 1.807) is 12.4 Å². The van der Waals surface area contributed by atoms with Crippen LogP contribution in [-0.4, -0.2) is 17.4 Å². The molecule has 0 aliphatic heterocycles. The van der Waals surface area contributed by atoms with E-state index in [1.807, 2.05) is 13.0 Å². The Morgan fingerprint density at radius 3 is 3.07 bits per heavy atom. The largest absolute Gasteiger partial charge is 0.345 e. The molecule has 1 rings (SSSR count). The van der Waals surface area contributed by atoms with Crippen LogP contribution in [0.4, 0.5) is 0 Å². The molecule has 0 aromatic carbocycles. The van der Waals surface area contributed by atoms with Crippen LogP contribution in [0.5, 0.6) is 0 Å². The highest BCUT2D eigenvalue weighted by Gasteiger charge is 1.91. The Balaban J connectivity index is 2.59. The smallest absolute Gasteiger partial charge is 0.217 e. The van der Waals surface area contributed by atoms with E-state index < -0.39 is 0 Å². The van der Waals surface area contributed by atoms with Gasteiger partial charge in [0, 0.05) is 24.9 Å². The number of amides is 1. The molecule has 0 aliphatic rings. The molecule has 14 heavy (non-hydrogen) atoms. The van der Waals surface area contributed by atoms with Crippen LogP contribution in [0.1, 0.15) is 18.1 Å². The van der Waals surface area contributed by atoms with E-state index in [0.717, 1.165) is 11.1 Å². The normalized spacial score (nSPS) is 8.71. The van der Waals surface area contributed by atoms with Gasteiger partial charge in [0.25, 0.3) is 0 Å². The zero-order chi connectivity index (χ0) is 10.4. The molecule has 0 bridgehead atoms. The van der Waals surface area contributed by atoms with Gasteiger partial charge in [-0.3, -0.25) is 9.78 Å². The van der Waals surface area contributed by atoms with Gasteiger partial charge in [-0.05, 0) is 18.6 Å². The second-order valence-electron chi connectivity index (χ2n) is 2.90. The quantitative estimate of drug-likeness (QED) is 0.665. The Labute approximate surface area is 83.6 Å². The maximum Gasteiger partial charge on any atom is 0.217 e. The van der Waals surface area contributed by atoms with Crippen LogP contribution in [-0.2, 0) is 4.79 Å². The lowest BCUT2D eigenvalue weighted by molar-refractivity contribution is -0.118. The predicted molar refractivity (Wildman–Crippen MR) is 54.5 cm³/mol. The van der Waals surface area contributed by atoms with Crippen LogP contribution < -0.4 is 5.32 Å². The first-order chi connectivity index (χ1) is 6.70. The minimum absolute atomic E-state index is 0.0641. The molecule has 72 valence electrons. The summed E-state index contributed by atoms with van der Waals surface area (Å²) in [5, 5.41) is 2.61. The van der Waals surface area contributed by atoms with Crippen molar-refractivity contribution in [3.05, 3.63) is 29.6 Å². The monoisotopic (exact) mass is 188 g/mol. The molecule has 1 aromatic rings. The van der Waals surface area contributed by atoms with E-state index in [9.17, 15) is 4.79 Å². The molecule has 3 heteroatoms. The Kier molecular flexibility index (Phi) is 3.69. The van der Waals surface area contributed by atoms with Gasteiger partial charge in [0.1, 0.15) is 0 Å². The molecule has 0 atom stereocenters. The van der Waals surface area contributed by atoms with E-state index >= 15 is 0 Å². The fraction of sp³-hybridized carbons (Fsp3) is 0.273. The van der Waals surface area contributed by atoms with E-state index in [4.69, 9.17) is 0 Å². The summed E-state index contributed by atoms with van der Waals surface area (Å²) in [5.41, 5.74) is 1.99. The van der Waals surface area contributed by atoms with E-state index in [-0.39, 0.29) is 5.91 Å². The lowest BCUT2D eigenvalue weighted by atomic mass is 10.2. The van der Waals surface area contributed by atoms with Crippen molar-refractivity contribution in [2.75, 3.05) is 6.54 Å². The summed E-state index contributed by atoms with van der Waals surface area (Å²) in [4.78, 5) is 14.5. The number of nitrogens with one attached hydrogen (secondary N) is 1. The van der Waals surface area contributed by atoms with E-state index in [1.165, 1.54) is 6.92 Å². The Morgan fingerprint density at radius 2 is 2.43 bits per heavy atom. The number of aryl methyl sites for hydroxylation is 1. The molecule has 3 nitrogen and oxygen atoms in total. The Hall–Kier alpha value is -1.82. The third-order valence-electron chi connectivity index (χ3n) is 1.67. The molecule has 0 saturated carbocycles. The summed E-state index contributed by atoms with van der Waals surface area (Å²) in [5.74, 6) is 5.76. The highest BCUT2D eigenvalue weighted by molar-refractivity contribution is 5.73. The number of carbonyl (C=O) groups excluding carboxylic acids is 1. The molecular weight excluding hydrogens is 176 g/mol. The summed E-state index contributed by atoms with van der Waals surface area (Å²) in [6.45, 7) is 3.81. The average molecular weight is 188 g/mol. The van der Waals surface area contributed by atoms with Gasteiger partial charge in [0.05, 0.1) is 6.54 Å². The zero-order valence-corrected chi connectivity index (χ0v) is 8.29. The summed E-state index contributed by atoms with van der Waals surface area (Å²) < 4.78 is 0. The first-order valence-electron chi connectivity index (χ1n) is 4.34. The number of pyridine rings is 1. The number of rotatable bonds is 1. The number of carbonyl (C=O) groups is 1. The molecule has 0 spiro atoms. The molecule has 0 fully saturated rings. The highest BCUT2D eigenvalue weighted by atomic mass is 16.1. The fourth-order valence-corrected chi connectivity index (χ4v) is 0.922. The van der Waals surface area contributed by atoms with Crippen LogP contribution in [0.3, 0.4) is 0 Å². The van der Waals surface area contributed by atoms with Crippen molar-refractivity contribution in [1.82, 2.24) is 10.3 Å². The second-order valence-corrected chi connectivity index (χ2v) is 2.90. The molecule has 0 unspecified atom stereocenters. The Bertz CT molecular complexity index is 388. The van der Waals surface area contributed by atoms with Crippen LogP contribution in [0.25, 0.3) is 0 Å². The molecular formula is C11H12N2O. The van der Waals surface area contributed by atoms with Crippen molar-refractivity contribution in [2.24, 2.45) is 0 Å². The molecule has 0 saturated heterocycles. The minimum atomic E-state index is -0.0641. The van der Waals surface area contributed by atoms with E-state index in [2.05, 4.69) is 22.1 Å². The Morgan fingerprint density at radius 1 is 1.64 bits per heavy atom. The highest BCUT2D eigenvalue weighted by Crippen LogP contribution is 2.01. The second kappa shape index (κ2) is 5.03. The van der Waals surface area contributed by atoms with Gasteiger partial charge in [0.15, 0.2) is 0 Å². The third kappa shape index (κ3) is 3.28. The molecule has 0 radical (unpaired) electrons. The van der Waals surface area contributed by atoms with Gasteiger partial charge in [-0.1, -0.05) is 11.8 Å². The van der Waals surface area contributed by atoms with Gasteiger partial charge >= 0.3 is 0 Å². The fourth-order valence-electron chi connectivity index (χ4n) is 0.922. The van der Waals surface area contributed by atoms with Crippen molar-refractivity contribution in [3.8, 4) is 11.8 Å². The summed E-state index contributed by atoms with van der Waals surface area (Å²) in [6.07, 6.45) is 3.47. The topological polar surface area (TPSA) is 42.0 Å². The van der Waals surface area contributed by atoms with Crippen LogP contribution in [0, 0.1) is 18.8 Å². The molecule has 1 amide bonds. The summed E-state index contributed by atoms with van der Waals surface area (Å²) >= 11 is 0. The number of aromatic nitrogens is 1. The number of nitrogens with zero attached hydrogens (tertiary/aromatic N) is 1. The van der Waals surface area contributed by atoms with E-state index in [0.29, 0.717) is 6.54 Å². The third-order valence-corrected chi connectivity index (χ3v) is 1.67. The summed E-state index contributed by atoms with van der Waals surface area (Å²) in [6, 6.07) is 1.86. The van der Waals surface area contributed by atoms with Crippen LogP contribution in [0.15, 0.2) is 18.5 Å². The number of hydrogen-bond donors (Lipinski definition) is 1. The summed E-state index contributed by atoms with van der Waals surface area (Å²) in [7, 11) is 0. The predicted octanol–water partition coefficient (Wildman–Crippen LogP) is 0.878. The lowest BCUT2D eigenvalue weighted by Crippen LogP contribution is -2.19. The van der Waals surface area contributed by atoms with Gasteiger partial charge in [-0.25, -0.2) is 0 Å². The minimum Gasteiger partial charge on any atom is -0.345 e. The van der Waals surface area contributed by atoms with Gasteiger partial charge in [0.2, 0.25) is 5.91 Å². The first kappa shape index (κ1) is 10.3. The van der Waals surface area contributed by atoms with Crippen LogP contribution in [0.2, 0.25) is 0 Å². The lowest BCUT2D eigenvalue weighted by Gasteiger charge is -1.95. The van der Waals surface area contributed by atoms with Crippen molar-refractivity contribution < 1.29 is 4.79 Å². The zero-order valence-electron chi connectivity index (χ0n) is 8.29.